The molecule has 0 fully saturated rings. The quantitative estimate of drug-likeness (QED) is 0.480. The van der Waals surface area contributed by atoms with Crippen molar-refractivity contribution in [1.29, 1.82) is 0 Å². The van der Waals surface area contributed by atoms with E-state index in [-0.39, 0.29) is 0 Å². The molecular weight excluding hydrogens is 156 g/mol. The Morgan fingerprint density at radius 3 is 2.08 bits per heavy atom. The number of hydrogen-bond acceptors (Lipinski definition) is 0. The first-order chi connectivity index (χ1) is 6.50. The van der Waals surface area contributed by atoms with Gasteiger partial charge in [-0.15, -0.1) is 0 Å². The Labute approximate surface area is 82.7 Å². The lowest BCUT2D eigenvalue weighted by atomic mass is 10.1. The maximum Gasteiger partial charge on any atom is -0.0319 e. The van der Waals surface area contributed by atoms with Crippen LogP contribution in [0, 0.1) is 6.42 Å². The first-order valence-corrected chi connectivity index (χ1v) is 5.62. The molecule has 73 valence electrons. The summed E-state index contributed by atoms with van der Waals surface area (Å²) in [5.74, 6) is 0. The van der Waals surface area contributed by atoms with E-state index in [2.05, 4.69) is 30.7 Å². The lowest BCUT2D eigenvalue weighted by Crippen LogP contribution is -1.74. The monoisotopic (exact) mass is 177 g/mol. The van der Waals surface area contributed by atoms with Gasteiger partial charge in [-0.05, 0) is 51.4 Å². The van der Waals surface area contributed by atoms with E-state index < -0.39 is 0 Å². The number of allylic oxidation sites excluding steroid dienone is 4. The second-order valence-corrected chi connectivity index (χ2v) is 3.68. The van der Waals surface area contributed by atoms with Gasteiger partial charge in [0.15, 0.2) is 0 Å². The molecule has 0 nitrogen and oxygen atoms in total. The van der Waals surface area contributed by atoms with E-state index in [1.165, 1.54) is 44.9 Å². The lowest BCUT2D eigenvalue weighted by molar-refractivity contribution is 0.695. The van der Waals surface area contributed by atoms with E-state index in [0.29, 0.717) is 0 Å². The molecule has 1 radical (unpaired) electrons. The highest BCUT2D eigenvalue weighted by atomic mass is 13.9. The van der Waals surface area contributed by atoms with Crippen molar-refractivity contribution in [2.45, 2.75) is 51.4 Å². The van der Waals surface area contributed by atoms with Crippen LogP contribution in [0.3, 0.4) is 0 Å². The zero-order valence-corrected chi connectivity index (χ0v) is 8.54. The molecule has 0 aromatic rings. The Kier molecular flexibility index (Phi) is 6.58. The topological polar surface area (TPSA) is 0 Å². The maximum absolute atomic E-state index is 2.37. The Hall–Kier alpha value is -0.520. The summed E-state index contributed by atoms with van der Waals surface area (Å²) in [6.45, 7) is 0. The Bertz CT molecular complexity index is 135. The van der Waals surface area contributed by atoms with E-state index in [9.17, 15) is 0 Å². The standard InChI is InChI=1S/C13H21/c1-2-4-6-8-10-12-13-11-9-7-5-3-1/h1-2,5,11,13H,3-4,6-10,12H2/b2-1-,13-11-. The van der Waals surface area contributed by atoms with Crippen molar-refractivity contribution < 1.29 is 0 Å². The highest BCUT2D eigenvalue weighted by molar-refractivity contribution is 4.90. The normalized spacial score (nSPS) is 26.5. The molecule has 13 heavy (non-hydrogen) atoms. The minimum Gasteiger partial charge on any atom is -0.0885 e. The fourth-order valence-corrected chi connectivity index (χ4v) is 1.58. The van der Waals surface area contributed by atoms with Crippen LogP contribution in [0.5, 0.6) is 0 Å². The van der Waals surface area contributed by atoms with Gasteiger partial charge in [0.1, 0.15) is 0 Å². The Morgan fingerprint density at radius 2 is 1.23 bits per heavy atom. The average Bonchev–Trinajstić information content (AvgIpc) is 2.18. The predicted octanol–water partition coefficient (Wildman–Crippen LogP) is 4.44. The summed E-state index contributed by atoms with van der Waals surface area (Å²) < 4.78 is 0. The number of rotatable bonds is 0. The molecule has 0 bridgehead atoms. The van der Waals surface area contributed by atoms with Crippen molar-refractivity contribution in [2.75, 3.05) is 0 Å². The lowest BCUT2D eigenvalue weighted by Gasteiger charge is -1.94. The van der Waals surface area contributed by atoms with Crippen molar-refractivity contribution in [1.82, 2.24) is 0 Å². The van der Waals surface area contributed by atoms with Gasteiger partial charge in [0.2, 0.25) is 0 Å². The molecule has 1 aliphatic carbocycles. The smallest absolute Gasteiger partial charge is 0.0319 e. The van der Waals surface area contributed by atoms with Crippen LogP contribution >= 0.6 is 0 Å². The van der Waals surface area contributed by atoms with Crippen LogP contribution in [0.4, 0.5) is 0 Å². The van der Waals surface area contributed by atoms with E-state index in [1.54, 1.807) is 0 Å². The summed E-state index contributed by atoms with van der Waals surface area (Å²) in [5, 5.41) is 0. The largest absolute Gasteiger partial charge is 0.0885 e. The van der Waals surface area contributed by atoms with Gasteiger partial charge in [0.05, 0.1) is 0 Å². The molecule has 0 aromatic carbocycles. The van der Waals surface area contributed by atoms with Crippen LogP contribution in [0.1, 0.15) is 51.4 Å². The first-order valence-electron chi connectivity index (χ1n) is 5.62. The van der Waals surface area contributed by atoms with E-state index in [4.69, 9.17) is 0 Å². The Balaban J connectivity index is 2.18. The molecule has 0 heteroatoms. The SMILES string of the molecule is [CH]1C/C=C\CCCCC/C=C\CC1. The van der Waals surface area contributed by atoms with Gasteiger partial charge in [-0.3, -0.25) is 0 Å². The van der Waals surface area contributed by atoms with E-state index >= 15 is 0 Å². The summed E-state index contributed by atoms with van der Waals surface area (Å²) >= 11 is 0. The van der Waals surface area contributed by atoms with Crippen molar-refractivity contribution in [2.24, 2.45) is 0 Å². The summed E-state index contributed by atoms with van der Waals surface area (Å²) in [4.78, 5) is 0. The minimum atomic E-state index is 1.16. The zero-order chi connectivity index (χ0) is 9.19. The van der Waals surface area contributed by atoms with Crippen LogP contribution in [0.2, 0.25) is 0 Å². The summed E-state index contributed by atoms with van der Waals surface area (Å²) in [7, 11) is 0. The second-order valence-electron chi connectivity index (χ2n) is 3.68. The van der Waals surface area contributed by atoms with Gasteiger partial charge < -0.3 is 0 Å². The molecule has 0 unspecified atom stereocenters. The molecule has 1 rings (SSSR count). The molecule has 0 aliphatic heterocycles. The van der Waals surface area contributed by atoms with Crippen molar-refractivity contribution in [3.8, 4) is 0 Å². The van der Waals surface area contributed by atoms with E-state index in [0.717, 1.165) is 6.42 Å². The zero-order valence-electron chi connectivity index (χ0n) is 8.54. The highest BCUT2D eigenvalue weighted by Gasteiger charge is 1.88. The fourth-order valence-electron chi connectivity index (χ4n) is 1.58. The number of hydrogen-bond donors (Lipinski definition) is 0. The molecule has 0 spiro atoms. The third-order valence-electron chi connectivity index (χ3n) is 2.42. The molecule has 0 saturated heterocycles. The van der Waals surface area contributed by atoms with Crippen molar-refractivity contribution in [3.63, 3.8) is 0 Å². The minimum absolute atomic E-state index is 1.16. The van der Waals surface area contributed by atoms with Crippen molar-refractivity contribution in [3.05, 3.63) is 30.7 Å². The summed E-state index contributed by atoms with van der Waals surface area (Å²) in [5.41, 5.74) is 0. The van der Waals surface area contributed by atoms with Crippen LogP contribution in [0.25, 0.3) is 0 Å². The van der Waals surface area contributed by atoms with Crippen LogP contribution in [-0.2, 0) is 0 Å². The average molecular weight is 177 g/mol. The van der Waals surface area contributed by atoms with E-state index in [1.807, 2.05) is 0 Å². The third-order valence-corrected chi connectivity index (χ3v) is 2.42. The third kappa shape index (κ3) is 6.62. The first kappa shape index (κ1) is 10.6. The van der Waals surface area contributed by atoms with Crippen LogP contribution < -0.4 is 0 Å². The molecule has 0 amide bonds. The molecular formula is C13H21. The van der Waals surface area contributed by atoms with Crippen LogP contribution in [-0.4, -0.2) is 0 Å². The van der Waals surface area contributed by atoms with Gasteiger partial charge in [-0.25, -0.2) is 0 Å². The molecule has 0 aromatic heterocycles. The van der Waals surface area contributed by atoms with Crippen LogP contribution in [0.15, 0.2) is 24.3 Å². The predicted molar refractivity (Wildman–Crippen MR) is 59.5 cm³/mol. The van der Waals surface area contributed by atoms with Gasteiger partial charge in [0.25, 0.3) is 0 Å². The van der Waals surface area contributed by atoms with Gasteiger partial charge in [-0.2, -0.15) is 0 Å². The van der Waals surface area contributed by atoms with Gasteiger partial charge in [-0.1, -0.05) is 30.7 Å². The van der Waals surface area contributed by atoms with Gasteiger partial charge in [0, 0.05) is 0 Å². The second kappa shape index (κ2) is 8.10. The Morgan fingerprint density at radius 1 is 0.538 bits per heavy atom. The molecule has 0 atom stereocenters. The summed E-state index contributed by atoms with van der Waals surface area (Å²) in [6.07, 6.45) is 22.0. The maximum atomic E-state index is 2.37. The highest BCUT2D eigenvalue weighted by Crippen LogP contribution is 2.08. The molecule has 0 N–H and O–H groups in total. The molecule has 0 heterocycles. The fraction of sp³-hybridized carbons (Fsp3) is 0.615. The van der Waals surface area contributed by atoms with Crippen molar-refractivity contribution >= 4 is 0 Å². The van der Waals surface area contributed by atoms with Gasteiger partial charge >= 0.3 is 0 Å². The molecule has 0 saturated carbocycles. The summed E-state index contributed by atoms with van der Waals surface area (Å²) in [6, 6.07) is 0. The molecule has 1 aliphatic rings.